The second-order valence-corrected chi connectivity index (χ2v) is 6.13. The Bertz CT molecular complexity index is 485. The topological polar surface area (TPSA) is 66.4 Å². The smallest absolute Gasteiger partial charge is 0.181 e. The van der Waals surface area contributed by atoms with Crippen LogP contribution in [0.5, 0.6) is 0 Å². The zero-order chi connectivity index (χ0) is 13.6. The second kappa shape index (κ2) is 6.78. The third kappa shape index (κ3) is 4.33. The Kier molecular flexibility index (Phi) is 5.65. The van der Waals surface area contributed by atoms with E-state index in [2.05, 4.69) is 11.9 Å². The number of halogens is 1. The first-order chi connectivity index (χ1) is 8.49. The van der Waals surface area contributed by atoms with Crippen molar-refractivity contribution in [2.75, 3.05) is 23.5 Å². The SMILES string of the molecule is C=CCS(=O)(=O)c1ccc(NCC(O)CCl)cc1. The average molecular weight is 290 g/mol. The molecule has 0 saturated carbocycles. The normalized spacial score (nSPS) is 13.0. The molecular weight excluding hydrogens is 274 g/mol. The monoisotopic (exact) mass is 289 g/mol. The number of rotatable bonds is 7. The molecule has 0 aliphatic carbocycles. The molecule has 100 valence electrons. The molecule has 18 heavy (non-hydrogen) atoms. The molecular formula is C12H16ClNO3S. The highest BCUT2D eigenvalue weighted by Gasteiger charge is 2.11. The predicted molar refractivity (Wildman–Crippen MR) is 73.9 cm³/mol. The Morgan fingerprint density at radius 3 is 2.50 bits per heavy atom. The molecule has 1 aromatic carbocycles. The number of aliphatic hydroxyl groups excluding tert-OH is 1. The first-order valence-corrected chi connectivity index (χ1v) is 7.60. The van der Waals surface area contributed by atoms with Crippen molar-refractivity contribution in [3.05, 3.63) is 36.9 Å². The van der Waals surface area contributed by atoms with Crippen LogP contribution in [-0.4, -0.2) is 37.8 Å². The highest BCUT2D eigenvalue weighted by Crippen LogP contribution is 2.15. The highest BCUT2D eigenvalue weighted by atomic mass is 35.5. The number of benzene rings is 1. The minimum Gasteiger partial charge on any atom is -0.390 e. The van der Waals surface area contributed by atoms with E-state index in [-0.39, 0.29) is 16.5 Å². The van der Waals surface area contributed by atoms with Crippen LogP contribution in [0.3, 0.4) is 0 Å². The van der Waals surface area contributed by atoms with Gasteiger partial charge in [0.15, 0.2) is 9.84 Å². The third-order valence-electron chi connectivity index (χ3n) is 2.27. The summed E-state index contributed by atoms with van der Waals surface area (Å²) < 4.78 is 23.4. The molecule has 0 heterocycles. The molecule has 0 aliphatic heterocycles. The summed E-state index contributed by atoms with van der Waals surface area (Å²) in [5, 5.41) is 12.2. The van der Waals surface area contributed by atoms with Crippen LogP contribution in [0, 0.1) is 0 Å². The van der Waals surface area contributed by atoms with Crippen molar-refractivity contribution < 1.29 is 13.5 Å². The number of hydrogen-bond donors (Lipinski definition) is 2. The van der Waals surface area contributed by atoms with Crippen molar-refractivity contribution in [2.45, 2.75) is 11.0 Å². The minimum atomic E-state index is -3.28. The maximum atomic E-state index is 11.7. The van der Waals surface area contributed by atoms with Gasteiger partial charge in [-0.05, 0) is 24.3 Å². The number of anilines is 1. The van der Waals surface area contributed by atoms with Crippen LogP contribution in [0.2, 0.25) is 0 Å². The summed E-state index contributed by atoms with van der Waals surface area (Å²) in [6.45, 7) is 3.74. The van der Waals surface area contributed by atoms with E-state index in [1.54, 1.807) is 12.1 Å². The Labute approximate surface area is 112 Å². The van der Waals surface area contributed by atoms with Gasteiger partial charge in [0.1, 0.15) is 0 Å². The fourth-order valence-corrected chi connectivity index (χ4v) is 2.48. The molecule has 0 radical (unpaired) electrons. The van der Waals surface area contributed by atoms with Crippen LogP contribution in [0.25, 0.3) is 0 Å². The van der Waals surface area contributed by atoms with E-state index in [4.69, 9.17) is 11.6 Å². The van der Waals surface area contributed by atoms with Crippen molar-refractivity contribution >= 4 is 27.1 Å². The first kappa shape index (κ1) is 15.0. The van der Waals surface area contributed by atoms with Gasteiger partial charge in [-0.3, -0.25) is 0 Å². The van der Waals surface area contributed by atoms with Crippen LogP contribution in [0.4, 0.5) is 5.69 Å². The van der Waals surface area contributed by atoms with Gasteiger partial charge < -0.3 is 10.4 Å². The summed E-state index contributed by atoms with van der Waals surface area (Å²) in [6.07, 6.45) is 0.731. The van der Waals surface area contributed by atoms with Gasteiger partial charge >= 0.3 is 0 Å². The number of nitrogens with one attached hydrogen (secondary N) is 1. The van der Waals surface area contributed by atoms with Crippen LogP contribution in [0.1, 0.15) is 0 Å². The van der Waals surface area contributed by atoms with Gasteiger partial charge in [0.05, 0.1) is 22.6 Å². The molecule has 0 amide bonds. The Morgan fingerprint density at radius 2 is 2.00 bits per heavy atom. The maximum Gasteiger partial charge on any atom is 0.181 e. The van der Waals surface area contributed by atoms with E-state index < -0.39 is 15.9 Å². The summed E-state index contributed by atoms with van der Waals surface area (Å²) >= 11 is 5.46. The number of hydrogen-bond acceptors (Lipinski definition) is 4. The molecule has 0 saturated heterocycles. The van der Waals surface area contributed by atoms with Gasteiger partial charge in [0.25, 0.3) is 0 Å². The summed E-state index contributed by atoms with van der Waals surface area (Å²) in [4.78, 5) is 0.255. The summed E-state index contributed by atoms with van der Waals surface area (Å²) in [6, 6.07) is 6.34. The standard InChI is InChI=1S/C12H16ClNO3S/c1-2-7-18(16,17)12-5-3-10(4-6-12)14-9-11(15)8-13/h2-6,11,14-15H,1,7-9H2. The van der Waals surface area contributed by atoms with E-state index in [0.29, 0.717) is 6.54 Å². The zero-order valence-electron chi connectivity index (χ0n) is 9.84. The van der Waals surface area contributed by atoms with E-state index in [9.17, 15) is 13.5 Å². The minimum absolute atomic E-state index is 0.0786. The molecule has 0 aromatic heterocycles. The number of alkyl halides is 1. The molecule has 0 spiro atoms. The van der Waals surface area contributed by atoms with Crippen molar-refractivity contribution in [1.29, 1.82) is 0 Å². The lowest BCUT2D eigenvalue weighted by atomic mass is 10.3. The number of aliphatic hydroxyl groups is 1. The Balaban J connectivity index is 2.71. The van der Waals surface area contributed by atoms with Crippen LogP contribution < -0.4 is 5.32 Å². The Hall–Kier alpha value is -1.04. The zero-order valence-corrected chi connectivity index (χ0v) is 11.4. The van der Waals surface area contributed by atoms with Gasteiger partial charge in [-0.15, -0.1) is 18.2 Å². The molecule has 1 unspecified atom stereocenters. The average Bonchev–Trinajstić information content (AvgIpc) is 2.36. The van der Waals surface area contributed by atoms with Crippen molar-refractivity contribution in [3.63, 3.8) is 0 Å². The van der Waals surface area contributed by atoms with E-state index in [1.165, 1.54) is 18.2 Å². The first-order valence-electron chi connectivity index (χ1n) is 5.41. The van der Waals surface area contributed by atoms with Crippen molar-refractivity contribution in [2.24, 2.45) is 0 Å². The van der Waals surface area contributed by atoms with E-state index in [1.807, 2.05) is 0 Å². The van der Waals surface area contributed by atoms with Gasteiger partial charge in [-0.2, -0.15) is 0 Å². The van der Waals surface area contributed by atoms with Crippen molar-refractivity contribution in [3.8, 4) is 0 Å². The second-order valence-electron chi connectivity index (χ2n) is 3.78. The predicted octanol–water partition coefficient (Wildman–Crippen LogP) is 1.66. The molecule has 0 aliphatic rings. The van der Waals surface area contributed by atoms with E-state index >= 15 is 0 Å². The molecule has 0 bridgehead atoms. The largest absolute Gasteiger partial charge is 0.390 e. The van der Waals surface area contributed by atoms with Crippen LogP contribution >= 0.6 is 11.6 Å². The lowest BCUT2D eigenvalue weighted by Crippen LogP contribution is -2.20. The summed E-state index contributed by atoms with van der Waals surface area (Å²) in [7, 11) is -3.28. The van der Waals surface area contributed by atoms with Gasteiger partial charge in [-0.1, -0.05) is 6.08 Å². The fraction of sp³-hybridized carbons (Fsp3) is 0.333. The highest BCUT2D eigenvalue weighted by molar-refractivity contribution is 7.91. The lowest BCUT2D eigenvalue weighted by molar-refractivity contribution is 0.211. The third-order valence-corrected chi connectivity index (χ3v) is 4.29. The fourth-order valence-electron chi connectivity index (χ4n) is 1.32. The van der Waals surface area contributed by atoms with Gasteiger partial charge in [-0.25, -0.2) is 8.42 Å². The molecule has 4 nitrogen and oxygen atoms in total. The number of sulfone groups is 1. The molecule has 1 aromatic rings. The van der Waals surface area contributed by atoms with E-state index in [0.717, 1.165) is 5.69 Å². The van der Waals surface area contributed by atoms with Crippen LogP contribution in [-0.2, 0) is 9.84 Å². The Morgan fingerprint density at radius 1 is 1.39 bits per heavy atom. The summed E-state index contributed by atoms with van der Waals surface area (Å²) in [5.41, 5.74) is 0.733. The molecule has 2 N–H and O–H groups in total. The van der Waals surface area contributed by atoms with Gasteiger partial charge in [0, 0.05) is 12.2 Å². The van der Waals surface area contributed by atoms with Crippen LogP contribution in [0.15, 0.2) is 41.8 Å². The summed E-state index contributed by atoms with van der Waals surface area (Å²) in [5.74, 6) is 0.0730. The lowest BCUT2D eigenvalue weighted by Gasteiger charge is -2.10. The maximum absolute atomic E-state index is 11.7. The molecule has 1 atom stereocenters. The van der Waals surface area contributed by atoms with Crippen molar-refractivity contribution in [1.82, 2.24) is 0 Å². The molecule has 1 rings (SSSR count). The quantitative estimate of drug-likeness (QED) is 0.592. The molecule has 6 heteroatoms. The van der Waals surface area contributed by atoms with Gasteiger partial charge in [0.2, 0.25) is 0 Å². The molecule has 0 fully saturated rings.